The fraction of sp³-hybridized carbons (Fsp3) is 0.167. The summed E-state index contributed by atoms with van der Waals surface area (Å²) in [6.07, 6.45) is 0. The van der Waals surface area contributed by atoms with Crippen LogP contribution >= 0.6 is 11.3 Å². The number of carbonyl (C=O) groups is 1. The molecule has 0 aliphatic rings. The van der Waals surface area contributed by atoms with Gasteiger partial charge in [-0.25, -0.2) is 0 Å². The summed E-state index contributed by atoms with van der Waals surface area (Å²) in [7, 11) is 4.50. The Morgan fingerprint density at radius 3 is 2.23 bits per heavy atom. The molecule has 1 heterocycles. The Labute approximate surface area is 154 Å². The number of anilines is 1. The van der Waals surface area contributed by atoms with Crippen LogP contribution < -0.4 is 19.5 Å². The maximum Gasteiger partial charge on any atom is 0.261 e. The Hall–Kier alpha value is -3.13. The van der Waals surface area contributed by atoms with Crippen LogP contribution in [0.3, 0.4) is 0 Å². The summed E-state index contributed by atoms with van der Waals surface area (Å²) in [6, 6.07) is 12.8. The summed E-state index contributed by atoms with van der Waals surface area (Å²) in [5, 5.41) is 12.0. The number of nitrogens with one attached hydrogen (secondary N) is 1. The molecule has 3 rings (SSSR count). The highest BCUT2D eigenvalue weighted by molar-refractivity contribution is 7.18. The first-order valence-electron chi connectivity index (χ1n) is 7.66. The molecular formula is C18H17N3O4S. The lowest BCUT2D eigenvalue weighted by Gasteiger charge is -2.13. The summed E-state index contributed by atoms with van der Waals surface area (Å²) in [4.78, 5) is 12.7. The van der Waals surface area contributed by atoms with Crippen LogP contribution in [0.25, 0.3) is 10.6 Å². The van der Waals surface area contributed by atoms with E-state index < -0.39 is 0 Å². The van der Waals surface area contributed by atoms with Crippen LogP contribution in [-0.4, -0.2) is 37.4 Å². The molecule has 0 unspecified atom stereocenters. The van der Waals surface area contributed by atoms with Gasteiger partial charge in [0.05, 0.1) is 26.9 Å². The number of hydrogen-bond donors (Lipinski definition) is 1. The van der Waals surface area contributed by atoms with E-state index >= 15 is 0 Å². The zero-order valence-corrected chi connectivity index (χ0v) is 15.3. The molecule has 0 spiro atoms. The van der Waals surface area contributed by atoms with E-state index in [2.05, 4.69) is 15.5 Å². The minimum atomic E-state index is -0.376. The highest BCUT2D eigenvalue weighted by Crippen LogP contribution is 2.35. The number of hydrogen-bond acceptors (Lipinski definition) is 7. The number of ether oxygens (including phenoxy) is 3. The third-order valence-electron chi connectivity index (χ3n) is 3.62. The number of aromatic nitrogens is 2. The van der Waals surface area contributed by atoms with Gasteiger partial charge in [-0.3, -0.25) is 10.1 Å². The van der Waals surface area contributed by atoms with Gasteiger partial charge in [0.1, 0.15) is 10.8 Å². The van der Waals surface area contributed by atoms with Gasteiger partial charge in [0.25, 0.3) is 5.91 Å². The monoisotopic (exact) mass is 371 g/mol. The number of nitrogens with zero attached hydrogens (tertiary/aromatic N) is 2. The first-order chi connectivity index (χ1) is 12.7. The molecule has 8 heteroatoms. The maximum absolute atomic E-state index is 12.7. The van der Waals surface area contributed by atoms with Gasteiger partial charge in [-0.05, 0) is 0 Å². The molecule has 1 aromatic heterocycles. The number of amides is 1. The lowest BCUT2D eigenvalue weighted by atomic mass is 10.1. The Balaban J connectivity index is 1.85. The molecule has 0 fully saturated rings. The van der Waals surface area contributed by atoms with Gasteiger partial charge in [0, 0.05) is 17.7 Å². The highest BCUT2D eigenvalue weighted by atomic mass is 32.1. The van der Waals surface area contributed by atoms with E-state index in [9.17, 15) is 4.79 Å². The molecule has 0 atom stereocenters. The van der Waals surface area contributed by atoms with Crippen LogP contribution in [-0.2, 0) is 0 Å². The number of methoxy groups -OCH3 is 3. The van der Waals surface area contributed by atoms with Crippen molar-refractivity contribution >= 4 is 22.4 Å². The largest absolute Gasteiger partial charge is 0.496 e. The van der Waals surface area contributed by atoms with Crippen molar-refractivity contribution in [3.8, 4) is 27.8 Å². The summed E-state index contributed by atoms with van der Waals surface area (Å²) < 4.78 is 15.8. The fourth-order valence-corrected chi connectivity index (χ4v) is 3.09. The molecule has 3 aromatic rings. The Kier molecular flexibility index (Phi) is 5.33. The predicted octanol–water partition coefficient (Wildman–Crippen LogP) is 3.48. The molecule has 1 amide bonds. The van der Waals surface area contributed by atoms with Gasteiger partial charge in [-0.2, -0.15) is 0 Å². The summed E-state index contributed by atoms with van der Waals surface area (Å²) in [5.74, 6) is 0.899. The standard InChI is InChI=1S/C18H17N3O4S/c1-23-13-10-15(25-3)14(24-2)9-12(13)16(22)19-18-21-20-17(26-18)11-7-5-4-6-8-11/h4-10H,1-3H3,(H,19,21,22). The molecule has 26 heavy (non-hydrogen) atoms. The van der Waals surface area contributed by atoms with Gasteiger partial charge in [0.15, 0.2) is 11.5 Å². The van der Waals surface area contributed by atoms with Gasteiger partial charge < -0.3 is 14.2 Å². The number of rotatable bonds is 6. The van der Waals surface area contributed by atoms with Gasteiger partial charge in [0.2, 0.25) is 5.13 Å². The normalized spacial score (nSPS) is 10.3. The molecule has 7 nitrogen and oxygen atoms in total. The van der Waals surface area contributed by atoms with Gasteiger partial charge in [-0.15, -0.1) is 10.2 Å². The van der Waals surface area contributed by atoms with E-state index in [-0.39, 0.29) is 5.91 Å². The van der Waals surface area contributed by atoms with Crippen molar-refractivity contribution in [1.82, 2.24) is 10.2 Å². The lowest BCUT2D eigenvalue weighted by Crippen LogP contribution is -2.13. The van der Waals surface area contributed by atoms with E-state index in [0.29, 0.717) is 27.9 Å². The molecule has 2 aromatic carbocycles. The minimum absolute atomic E-state index is 0.307. The molecule has 0 saturated heterocycles. The van der Waals surface area contributed by atoms with Crippen LogP contribution in [0.5, 0.6) is 17.2 Å². The van der Waals surface area contributed by atoms with Crippen LogP contribution in [0.1, 0.15) is 10.4 Å². The molecule has 1 N–H and O–H groups in total. The minimum Gasteiger partial charge on any atom is -0.496 e. The zero-order valence-electron chi connectivity index (χ0n) is 14.5. The second-order valence-electron chi connectivity index (χ2n) is 5.14. The van der Waals surface area contributed by atoms with Crippen molar-refractivity contribution in [2.24, 2.45) is 0 Å². The molecule has 0 bridgehead atoms. The van der Waals surface area contributed by atoms with Crippen molar-refractivity contribution in [2.45, 2.75) is 0 Å². The Bertz CT molecular complexity index is 912. The SMILES string of the molecule is COc1cc(OC)c(C(=O)Nc2nnc(-c3ccccc3)s2)cc1OC. The van der Waals surface area contributed by atoms with E-state index in [1.807, 2.05) is 30.3 Å². The van der Waals surface area contributed by atoms with Crippen molar-refractivity contribution < 1.29 is 19.0 Å². The first kappa shape index (κ1) is 17.7. The van der Waals surface area contributed by atoms with E-state index in [0.717, 1.165) is 10.6 Å². The zero-order chi connectivity index (χ0) is 18.5. The van der Waals surface area contributed by atoms with Crippen LogP contribution in [0.2, 0.25) is 0 Å². The van der Waals surface area contributed by atoms with Crippen molar-refractivity contribution in [2.75, 3.05) is 26.6 Å². The second kappa shape index (κ2) is 7.83. The van der Waals surface area contributed by atoms with Crippen LogP contribution in [0.15, 0.2) is 42.5 Å². The average molecular weight is 371 g/mol. The number of carbonyl (C=O) groups excluding carboxylic acids is 1. The lowest BCUT2D eigenvalue weighted by molar-refractivity contribution is 0.102. The fourth-order valence-electron chi connectivity index (χ4n) is 2.34. The van der Waals surface area contributed by atoms with E-state index in [4.69, 9.17) is 14.2 Å². The van der Waals surface area contributed by atoms with Crippen molar-refractivity contribution in [1.29, 1.82) is 0 Å². The van der Waals surface area contributed by atoms with E-state index in [1.165, 1.54) is 32.7 Å². The average Bonchev–Trinajstić information content (AvgIpc) is 3.15. The summed E-state index contributed by atoms with van der Waals surface area (Å²) in [5.41, 5.74) is 1.25. The molecule has 0 saturated carbocycles. The second-order valence-corrected chi connectivity index (χ2v) is 6.12. The number of benzene rings is 2. The first-order valence-corrected chi connectivity index (χ1v) is 8.48. The topological polar surface area (TPSA) is 82.6 Å². The third kappa shape index (κ3) is 3.60. The summed E-state index contributed by atoms with van der Waals surface area (Å²) in [6.45, 7) is 0. The maximum atomic E-state index is 12.7. The molecule has 134 valence electrons. The molecular weight excluding hydrogens is 354 g/mol. The molecule has 0 radical (unpaired) electrons. The van der Waals surface area contributed by atoms with Gasteiger partial charge >= 0.3 is 0 Å². The third-order valence-corrected chi connectivity index (χ3v) is 4.50. The smallest absolute Gasteiger partial charge is 0.261 e. The van der Waals surface area contributed by atoms with Crippen molar-refractivity contribution in [3.05, 3.63) is 48.0 Å². The Morgan fingerprint density at radius 2 is 1.58 bits per heavy atom. The van der Waals surface area contributed by atoms with E-state index in [1.54, 1.807) is 12.1 Å². The Morgan fingerprint density at radius 1 is 0.923 bits per heavy atom. The quantitative estimate of drug-likeness (QED) is 0.714. The van der Waals surface area contributed by atoms with Crippen molar-refractivity contribution in [3.63, 3.8) is 0 Å². The van der Waals surface area contributed by atoms with Gasteiger partial charge in [-0.1, -0.05) is 41.7 Å². The predicted molar refractivity (Wildman–Crippen MR) is 99.4 cm³/mol. The molecule has 0 aliphatic heterocycles. The van der Waals surface area contributed by atoms with Crippen LogP contribution in [0.4, 0.5) is 5.13 Å². The van der Waals surface area contributed by atoms with Crippen LogP contribution in [0, 0.1) is 0 Å². The summed E-state index contributed by atoms with van der Waals surface area (Å²) >= 11 is 1.29. The highest BCUT2D eigenvalue weighted by Gasteiger charge is 2.19. The molecule has 0 aliphatic carbocycles.